The molecule has 0 N–H and O–H groups in total. The summed E-state index contributed by atoms with van der Waals surface area (Å²) in [6.07, 6.45) is -0.224. The highest BCUT2D eigenvalue weighted by atomic mass is 32.1. The molecule has 30 heavy (non-hydrogen) atoms. The summed E-state index contributed by atoms with van der Waals surface area (Å²) in [5, 5.41) is 0. The van der Waals surface area contributed by atoms with Gasteiger partial charge in [-0.2, -0.15) is 0 Å². The average molecular weight is 430 g/mol. The number of carbonyl (C=O) groups excluding carboxylic acids is 2. The number of methoxy groups -OCH3 is 1. The van der Waals surface area contributed by atoms with E-state index in [-0.39, 0.29) is 17.8 Å². The lowest BCUT2D eigenvalue weighted by Crippen LogP contribution is -2.36. The minimum atomic E-state index is -0.981. The molecular formula is C21H16F2N2O4S. The Morgan fingerprint density at radius 1 is 1.10 bits per heavy atom. The standard InChI is InChI=1S/C21H16F2N2O4S/c1-29-17(27)11-24-20-19(30-21(24)28)13(18-14(22)8-5-9-15(18)23)10-16(26)25(20)12-6-3-2-4-7-12/h2-9,13H,10-11H2,1H3/t13-/m1/s1. The zero-order chi connectivity index (χ0) is 21.4. The Hall–Kier alpha value is -3.33. The van der Waals surface area contributed by atoms with Crippen LogP contribution < -0.4 is 9.77 Å². The van der Waals surface area contributed by atoms with Crippen LogP contribution >= 0.6 is 11.3 Å². The molecule has 2 aromatic carbocycles. The molecule has 1 aromatic heterocycles. The molecule has 0 saturated carbocycles. The van der Waals surface area contributed by atoms with E-state index in [2.05, 4.69) is 4.74 Å². The summed E-state index contributed by atoms with van der Waals surface area (Å²) >= 11 is 0.762. The molecule has 1 atom stereocenters. The molecule has 0 aliphatic carbocycles. The first-order valence-electron chi connectivity index (χ1n) is 9.04. The minimum Gasteiger partial charge on any atom is -0.468 e. The summed E-state index contributed by atoms with van der Waals surface area (Å²) in [6, 6.07) is 12.0. The number of halogens is 2. The normalized spacial score (nSPS) is 15.8. The molecule has 2 heterocycles. The maximum absolute atomic E-state index is 14.5. The SMILES string of the molecule is COC(=O)Cn1c2c(sc1=O)[C@@H](c1c(F)cccc1F)CC(=O)N2c1ccccc1. The monoisotopic (exact) mass is 430 g/mol. The third-order valence-corrected chi connectivity index (χ3v) is 6.01. The molecule has 154 valence electrons. The Bertz CT molecular complexity index is 1170. The predicted octanol–water partition coefficient (Wildman–Crippen LogP) is 3.56. The number of ether oxygens (including phenoxy) is 1. The Balaban J connectivity index is 1.97. The number of nitrogens with zero attached hydrogens (tertiary/aromatic N) is 2. The number of amides is 1. The maximum Gasteiger partial charge on any atom is 0.325 e. The fraction of sp³-hybridized carbons (Fsp3) is 0.190. The van der Waals surface area contributed by atoms with Gasteiger partial charge < -0.3 is 4.74 Å². The Morgan fingerprint density at radius 2 is 1.77 bits per heavy atom. The summed E-state index contributed by atoms with van der Waals surface area (Å²) in [5.74, 6) is -3.58. The summed E-state index contributed by atoms with van der Waals surface area (Å²) in [4.78, 5) is 38.9. The van der Waals surface area contributed by atoms with Crippen LogP contribution in [0.4, 0.5) is 20.3 Å². The highest BCUT2D eigenvalue weighted by Crippen LogP contribution is 2.45. The molecule has 0 spiro atoms. The first kappa shape index (κ1) is 20.0. The molecule has 9 heteroatoms. The van der Waals surface area contributed by atoms with Gasteiger partial charge in [0.1, 0.15) is 24.0 Å². The number of hydrogen-bond donors (Lipinski definition) is 0. The van der Waals surface area contributed by atoms with Crippen LogP contribution in [0.2, 0.25) is 0 Å². The molecule has 0 saturated heterocycles. The van der Waals surface area contributed by atoms with Gasteiger partial charge in [0.25, 0.3) is 0 Å². The van der Waals surface area contributed by atoms with Crippen LogP contribution in [-0.2, 0) is 20.9 Å². The smallest absolute Gasteiger partial charge is 0.325 e. The van der Waals surface area contributed by atoms with Crippen LogP contribution in [-0.4, -0.2) is 23.6 Å². The molecule has 1 aliphatic heterocycles. The van der Waals surface area contributed by atoms with Crippen molar-refractivity contribution in [2.24, 2.45) is 0 Å². The largest absolute Gasteiger partial charge is 0.468 e. The molecule has 0 radical (unpaired) electrons. The molecule has 6 nitrogen and oxygen atoms in total. The van der Waals surface area contributed by atoms with Gasteiger partial charge in [0.05, 0.1) is 17.7 Å². The quantitative estimate of drug-likeness (QED) is 0.594. The van der Waals surface area contributed by atoms with E-state index in [1.165, 1.54) is 18.1 Å². The zero-order valence-electron chi connectivity index (χ0n) is 15.8. The van der Waals surface area contributed by atoms with Gasteiger partial charge in [-0.05, 0) is 24.3 Å². The first-order chi connectivity index (χ1) is 14.4. The minimum absolute atomic E-state index is 0.130. The van der Waals surface area contributed by atoms with E-state index in [0.29, 0.717) is 10.6 Å². The van der Waals surface area contributed by atoms with Crippen LogP contribution in [0.25, 0.3) is 0 Å². The van der Waals surface area contributed by atoms with E-state index >= 15 is 0 Å². The Labute approximate surface area is 173 Å². The van der Waals surface area contributed by atoms with Crippen molar-refractivity contribution in [3.8, 4) is 0 Å². The van der Waals surface area contributed by atoms with Gasteiger partial charge >= 0.3 is 10.8 Å². The van der Waals surface area contributed by atoms with Crippen molar-refractivity contribution in [3.05, 3.63) is 80.3 Å². The molecule has 4 rings (SSSR count). The second-order valence-electron chi connectivity index (χ2n) is 6.67. The summed E-state index contributed by atoms with van der Waals surface area (Å²) < 4.78 is 34.8. The van der Waals surface area contributed by atoms with Crippen molar-refractivity contribution in [1.82, 2.24) is 4.57 Å². The van der Waals surface area contributed by atoms with Gasteiger partial charge in [0, 0.05) is 17.9 Å². The third kappa shape index (κ3) is 3.30. The van der Waals surface area contributed by atoms with Crippen LogP contribution in [0.3, 0.4) is 0 Å². The number of thiazole rings is 1. The van der Waals surface area contributed by atoms with Gasteiger partial charge in [-0.15, -0.1) is 0 Å². The Morgan fingerprint density at radius 3 is 2.40 bits per heavy atom. The Kier molecular flexibility index (Phi) is 5.21. The second kappa shape index (κ2) is 7.83. The number of hydrogen-bond acceptors (Lipinski definition) is 5. The molecule has 1 aliphatic rings. The summed E-state index contributed by atoms with van der Waals surface area (Å²) in [7, 11) is 1.18. The van der Waals surface area contributed by atoms with Gasteiger partial charge in [0.15, 0.2) is 0 Å². The number of benzene rings is 2. The lowest BCUT2D eigenvalue weighted by molar-refractivity contribution is -0.141. The number of anilines is 2. The van der Waals surface area contributed by atoms with Crippen molar-refractivity contribution in [2.75, 3.05) is 12.0 Å². The second-order valence-corrected chi connectivity index (χ2v) is 7.67. The summed E-state index contributed by atoms with van der Waals surface area (Å²) in [6.45, 7) is -0.426. The highest BCUT2D eigenvalue weighted by molar-refractivity contribution is 7.10. The number of esters is 1. The number of aromatic nitrogens is 1. The van der Waals surface area contributed by atoms with Crippen molar-refractivity contribution in [2.45, 2.75) is 18.9 Å². The molecule has 0 bridgehead atoms. The van der Waals surface area contributed by atoms with E-state index in [1.54, 1.807) is 30.3 Å². The van der Waals surface area contributed by atoms with E-state index in [1.807, 2.05) is 0 Å². The molecule has 0 unspecified atom stereocenters. The van der Waals surface area contributed by atoms with Gasteiger partial charge in [-0.1, -0.05) is 35.6 Å². The van der Waals surface area contributed by atoms with Crippen LogP contribution in [0.15, 0.2) is 53.3 Å². The first-order valence-corrected chi connectivity index (χ1v) is 9.86. The van der Waals surface area contributed by atoms with Gasteiger partial charge in [0.2, 0.25) is 5.91 Å². The highest BCUT2D eigenvalue weighted by Gasteiger charge is 2.40. The number of para-hydroxylation sites is 1. The number of carbonyl (C=O) groups is 2. The fourth-order valence-electron chi connectivity index (χ4n) is 3.60. The van der Waals surface area contributed by atoms with E-state index < -0.39 is 40.8 Å². The topological polar surface area (TPSA) is 68.6 Å². The van der Waals surface area contributed by atoms with Crippen LogP contribution in [0.1, 0.15) is 22.8 Å². The average Bonchev–Trinajstić information content (AvgIpc) is 3.04. The van der Waals surface area contributed by atoms with Crippen molar-refractivity contribution >= 4 is 34.7 Å². The van der Waals surface area contributed by atoms with Crippen LogP contribution in [0.5, 0.6) is 0 Å². The lowest BCUT2D eigenvalue weighted by atomic mass is 9.89. The molecule has 1 amide bonds. The molecular weight excluding hydrogens is 414 g/mol. The van der Waals surface area contributed by atoms with Crippen molar-refractivity contribution in [1.29, 1.82) is 0 Å². The fourth-order valence-corrected chi connectivity index (χ4v) is 4.69. The van der Waals surface area contributed by atoms with Crippen LogP contribution in [0, 0.1) is 11.6 Å². The zero-order valence-corrected chi connectivity index (χ0v) is 16.6. The van der Waals surface area contributed by atoms with Gasteiger partial charge in [-0.25, -0.2) is 8.78 Å². The predicted molar refractivity (Wildman–Crippen MR) is 107 cm³/mol. The summed E-state index contributed by atoms with van der Waals surface area (Å²) in [5.41, 5.74) is 0.207. The van der Waals surface area contributed by atoms with E-state index in [4.69, 9.17) is 0 Å². The van der Waals surface area contributed by atoms with E-state index in [0.717, 1.165) is 28.0 Å². The number of rotatable bonds is 4. The van der Waals surface area contributed by atoms with Crippen molar-refractivity contribution in [3.63, 3.8) is 0 Å². The maximum atomic E-state index is 14.5. The van der Waals surface area contributed by atoms with Gasteiger partial charge in [-0.3, -0.25) is 23.9 Å². The van der Waals surface area contributed by atoms with E-state index in [9.17, 15) is 23.2 Å². The lowest BCUT2D eigenvalue weighted by Gasteiger charge is -2.32. The van der Waals surface area contributed by atoms with Crippen molar-refractivity contribution < 1.29 is 23.1 Å². The third-order valence-electron chi connectivity index (χ3n) is 4.93. The molecule has 3 aromatic rings. The molecule has 0 fully saturated rings. The number of fused-ring (bicyclic) bond motifs is 1.